The molecule has 3 nitrogen and oxygen atoms in total. The Morgan fingerprint density at radius 3 is 2.65 bits per heavy atom. The van der Waals surface area contributed by atoms with Crippen molar-refractivity contribution in [1.82, 2.24) is 4.98 Å². The molecule has 1 heterocycles. The first kappa shape index (κ1) is 15.4. The number of aromatic nitrogens is 1. The Kier molecular flexibility index (Phi) is 4.26. The van der Waals surface area contributed by atoms with Gasteiger partial charge in [0.1, 0.15) is 0 Å². The molecule has 0 bridgehead atoms. The lowest BCUT2D eigenvalue weighted by Crippen LogP contribution is -2.13. The zero-order valence-electron chi connectivity index (χ0n) is 13.4. The number of carbonyl (C=O) groups is 1. The summed E-state index contributed by atoms with van der Waals surface area (Å²) in [6, 6.07) is 13.7. The maximum Gasteiger partial charge on any atom is 0.255 e. The Bertz CT molecular complexity index is 867. The molecule has 1 N–H and O–H groups in total. The number of carbonyl (C=O) groups excluding carboxylic acids is 1. The second kappa shape index (κ2) is 6.34. The van der Waals surface area contributed by atoms with Crippen molar-refractivity contribution in [2.24, 2.45) is 0 Å². The van der Waals surface area contributed by atoms with Crippen LogP contribution in [0, 0.1) is 20.8 Å². The fraction of sp³-hybridized carbons (Fsp3) is 0.158. The third-order valence-corrected chi connectivity index (χ3v) is 4.45. The molecule has 0 aliphatic carbocycles. The molecule has 0 fully saturated rings. The molecule has 0 saturated carbocycles. The Hall–Kier alpha value is -2.46. The predicted molar refractivity (Wildman–Crippen MR) is 96.2 cm³/mol. The smallest absolute Gasteiger partial charge is 0.255 e. The van der Waals surface area contributed by atoms with Crippen molar-refractivity contribution in [3.05, 3.63) is 69.5 Å². The van der Waals surface area contributed by atoms with Gasteiger partial charge in [-0.3, -0.25) is 4.79 Å². The van der Waals surface area contributed by atoms with Crippen molar-refractivity contribution in [1.29, 1.82) is 0 Å². The van der Waals surface area contributed by atoms with Crippen LogP contribution in [0.2, 0.25) is 0 Å². The molecule has 0 atom stereocenters. The highest BCUT2D eigenvalue weighted by Gasteiger charge is 2.10. The first-order valence-corrected chi connectivity index (χ1v) is 8.32. The first-order chi connectivity index (χ1) is 11.0. The van der Waals surface area contributed by atoms with E-state index in [2.05, 4.69) is 10.3 Å². The SMILES string of the molecule is Cc1ccc(C)c(C(=O)Nc2cccc(-c3csc(C)n3)c2)c1. The Labute approximate surface area is 140 Å². The predicted octanol–water partition coefficient (Wildman–Crippen LogP) is 4.99. The minimum Gasteiger partial charge on any atom is -0.322 e. The van der Waals surface area contributed by atoms with E-state index in [9.17, 15) is 4.79 Å². The standard InChI is InChI=1S/C19H18N2OS/c1-12-7-8-13(2)17(9-12)19(22)21-16-6-4-5-15(10-16)18-11-23-14(3)20-18/h4-11H,1-3H3,(H,21,22). The molecule has 116 valence electrons. The zero-order valence-corrected chi connectivity index (χ0v) is 14.2. The van der Waals surface area contributed by atoms with Gasteiger partial charge in [0.05, 0.1) is 10.7 Å². The quantitative estimate of drug-likeness (QED) is 0.738. The number of rotatable bonds is 3. The van der Waals surface area contributed by atoms with Crippen LogP contribution < -0.4 is 5.32 Å². The van der Waals surface area contributed by atoms with E-state index in [0.717, 1.165) is 33.1 Å². The van der Waals surface area contributed by atoms with E-state index in [1.54, 1.807) is 11.3 Å². The maximum absolute atomic E-state index is 12.5. The molecule has 3 aromatic rings. The fourth-order valence-electron chi connectivity index (χ4n) is 2.43. The normalized spacial score (nSPS) is 10.6. The Morgan fingerprint density at radius 1 is 1.09 bits per heavy atom. The van der Waals surface area contributed by atoms with Gasteiger partial charge >= 0.3 is 0 Å². The molecule has 0 spiro atoms. The van der Waals surface area contributed by atoms with Gasteiger partial charge in [0.15, 0.2) is 0 Å². The highest BCUT2D eigenvalue weighted by molar-refractivity contribution is 7.09. The molecule has 1 aromatic heterocycles. The number of aryl methyl sites for hydroxylation is 3. The summed E-state index contributed by atoms with van der Waals surface area (Å²) in [4.78, 5) is 17.0. The van der Waals surface area contributed by atoms with Crippen molar-refractivity contribution in [2.75, 3.05) is 5.32 Å². The molecule has 2 aromatic carbocycles. The molecular formula is C19H18N2OS. The average molecular weight is 322 g/mol. The van der Waals surface area contributed by atoms with Gasteiger partial charge in [0.2, 0.25) is 0 Å². The number of hydrogen-bond acceptors (Lipinski definition) is 3. The van der Waals surface area contributed by atoms with Crippen LogP contribution >= 0.6 is 11.3 Å². The largest absolute Gasteiger partial charge is 0.322 e. The number of nitrogens with zero attached hydrogens (tertiary/aromatic N) is 1. The van der Waals surface area contributed by atoms with Crippen LogP contribution in [0.5, 0.6) is 0 Å². The summed E-state index contributed by atoms with van der Waals surface area (Å²) in [6.45, 7) is 5.92. The highest BCUT2D eigenvalue weighted by atomic mass is 32.1. The second-order valence-corrected chi connectivity index (χ2v) is 6.67. The first-order valence-electron chi connectivity index (χ1n) is 7.44. The lowest BCUT2D eigenvalue weighted by atomic mass is 10.0. The summed E-state index contributed by atoms with van der Waals surface area (Å²) < 4.78 is 0. The van der Waals surface area contributed by atoms with Gasteiger partial charge < -0.3 is 5.32 Å². The van der Waals surface area contributed by atoms with Crippen LogP contribution in [0.15, 0.2) is 47.8 Å². The molecule has 3 rings (SSSR count). The minimum absolute atomic E-state index is 0.0854. The molecule has 1 amide bonds. The average Bonchev–Trinajstić information content (AvgIpc) is 2.96. The van der Waals surface area contributed by atoms with E-state index in [-0.39, 0.29) is 5.91 Å². The summed E-state index contributed by atoms with van der Waals surface area (Å²) in [5.74, 6) is -0.0854. The Morgan fingerprint density at radius 2 is 1.91 bits per heavy atom. The topological polar surface area (TPSA) is 42.0 Å². The molecule has 0 unspecified atom stereocenters. The van der Waals surface area contributed by atoms with E-state index in [1.165, 1.54) is 0 Å². The molecule has 0 radical (unpaired) electrons. The number of nitrogens with one attached hydrogen (secondary N) is 1. The third-order valence-electron chi connectivity index (χ3n) is 3.67. The summed E-state index contributed by atoms with van der Waals surface area (Å²) in [5.41, 5.74) is 5.48. The highest BCUT2D eigenvalue weighted by Crippen LogP contribution is 2.24. The lowest BCUT2D eigenvalue weighted by molar-refractivity contribution is 0.102. The summed E-state index contributed by atoms with van der Waals surface area (Å²) >= 11 is 1.62. The number of benzene rings is 2. The molecular weight excluding hydrogens is 304 g/mol. The van der Waals surface area contributed by atoms with E-state index in [1.807, 2.05) is 68.6 Å². The van der Waals surface area contributed by atoms with Crippen LogP contribution in [0.25, 0.3) is 11.3 Å². The van der Waals surface area contributed by atoms with Crippen molar-refractivity contribution < 1.29 is 4.79 Å². The summed E-state index contributed by atoms with van der Waals surface area (Å²) in [5, 5.41) is 6.04. The zero-order chi connectivity index (χ0) is 16.4. The van der Waals surface area contributed by atoms with Crippen LogP contribution in [0.4, 0.5) is 5.69 Å². The van der Waals surface area contributed by atoms with E-state index < -0.39 is 0 Å². The van der Waals surface area contributed by atoms with Crippen molar-refractivity contribution in [2.45, 2.75) is 20.8 Å². The van der Waals surface area contributed by atoms with Crippen molar-refractivity contribution in [3.63, 3.8) is 0 Å². The number of anilines is 1. The molecule has 0 saturated heterocycles. The van der Waals surface area contributed by atoms with Crippen LogP contribution in [0.1, 0.15) is 26.5 Å². The van der Waals surface area contributed by atoms with Crippen molar-refractivity contribution >= 4 is 22.9 Å². The number of amides is 1. The molecule has 0 aliphatic heterocycles. The van der Waals surface area contributed by atoms with Gasteiger partial charge in [-0.25, -0.2) is 4.98 Å². The van der Waals surface area contributed by atoms with Gasteiger partial charge in [0, 0.05) is 22.2 Å². The second-order valence-electron chi connectivity index (χ2n) is 5.61. The van der Waals surface area contributed by atoms with Crippen molar-refractivity contribution in [3.8, 4) is 11.3 Å². The van der Waals surface area contributed by atoms with Gasteiger partial charge in [-0.1, -0.05) is 29.8 Å². The maximum atomic E-state index is 12.5. The van der Waals surface area contributed by atoms with Gasteiger partial charge in [-0.2, -0.15) is 0 Å². The lowest BCUT2D eigenvalue weighted by Gasteiger charge is -2.09. The number of hydrogen-bond donors (Lipinski definition) is 1. The van der Waals surface area contributed by atoms with E-state index >= 15 is 0 Å². The van der Waals surface area contributed by atoms with Gasteiger partial charge in [-0.15, -0.1) is 11.3 Å². The minimum atomic E-state index is -0.0854. The van der Waals surface area contributed by atoms with Crippen LogP contribution in [0.3, 0.4) is 0 Å². The van der Waals surface area contributed by atoms with Gasteiger partial charge in [0.25, 0.3) is 5.91 Å². The van der Waals surface area contributed by atoms with Crippen LogP contribution in [-0.4, -0.2) is 10.9 Å². The van der Waals surface area contributed by atoms with Crippen LogP contribution in [-0.2, 0) is 0 Å². The van der Waals surface area contributed by atoms with E-state index in [4.69, 9.17) is 0 Å². The summed E-state index contributed by atoms with van der Waals surface area (Å²) in [6.07, 6.45) is 0. The molecule has 0 aliphatic rings. The molecule has 4 heteroatoms. The Balaban J connectivity index is 1.85. The van der Waals surface area contributed by atoms with E-state index in [0.29, 0.717) is 5.56 Å². The number of thiazole rings is 1. The fourth-order valence-corrected chi connectivity index (χ4v) is 3.05. The molecule has 23 heavy (non-hydrogen) atoms. The monoisotopic (exact) mass is 322 g/mol. The third kappa shape index (κ3) is 3.48. The summed E-state index contributed by atoms with van der Waals surface area (Å²) in [7, 11) is 0. The van der Waals surface area contributed by atoms with Gasteiger partial charge in [-0.05, 0) is 44.5 Å².